The van der Waals surface area contributed by atoms with E-state index >= 15 is 0 Å². The van der Waals surface area contributed by atoms with Crippen molar-refractivity contribution < 1.29 is 0 Å². The molecule has 0 rings (SSSR count). The smallest absolute Gasteiger partial charge is 0.0947 e. The molecule has 1 atom stereocenters. The Hall–Kier alpha value is -0.570. The molecule has 0 bridgehead atoms. The van der Waals surface area contributed by atoms with Gasteiger partial charge in [0.15, 0.2) is 0 Å². The van der Waals surface area contributed by atoms with E-state index in [0.717, 1.165) is 25.6 Å². The molecule has 0 aromatic carbocycles. The number of rotatable bonds is 7. The van der Waals surface area contributed by atoms with E-state index in [0.29, 0.717) is 5.84 Å². The van der Waals surface area contributed by atoms with Gasteiger partial charge in [-0.15, -0.1) is 0 Å². The van der Waals surface area contributed by atoms with Crippen molar-refractivity contribution in [3.63, 3.8) is 0 Å². The number of nitrogens with zero attached hydrogens (tertiary/aromatic N) is 1. The lowest BCUT2D eigenvalue weighted by Gasteiger charge is -2.24. The molecule has 14 heavy (non-hydrogen) atoms. The summed E-state index contributed by atoms with van der Waals surface area (Å²) >= 11 is 0. The van der Waals surface area contributed by atoms with E-state index in [-0.39, 0.29) is 5.92 Å². The van der Waals surface area contributed by atoms with Crippen molar-refractivity contribution >= 4 is 5.84 Å². The first-order valence-electron chi connectivity index (χ1n) is 5.53. The predicted octanol–water partition coefficient (Wildman–Crippen LogP) is 1.93. The van der Waals surface area contributed by atoms with Gasteiger partial charge in [-0.1, -0.05) is 27.7 Å². The molecule has 0 spiro atoms. The molecule has 0 aliphatic carbocycles. The van der Waals surface area contributed by atoms with Crippen LogP contribution < -0.4 is 5.73 Å². The van der Waals surface area contributed by atoms with E-state index < -0.39 is 0 Å². The van der Waals surface area contributed by atoms with E-state index in [1.807, 2.05) is 6.92 Å². The lowest BCUT2D eigenvalue weighted by Crippen LogP contribution is -2.35. The zero-order valence-corrected chi connectivity index (χ0v) is 10.0. The minimum absolute atomic E-state index is 0.183. The highest BCUT2D eigenvalue weighted by atomic mass is 15.1. The molecular formula is C11H25N3. The van der Waals surface area contributed by atoms with Gasteiger partial charge in [0.25, 0.3) is 0 Å². The highest BCUT2D eigenvalue weighted by Gasteiger charge is 2.10. The molecule has 0 saturated heterocycles. The van der Waals surface area contributed by atoms with Crippen LogP contribution in [0.15, 0.2) is 0 Å². The summed E-state index contributed by atoms with van der Waals surface area (Å²) in [6.07, 6.45) is 1.22. The average Bonchev–Trinajstić information content (AvgIpc) is 2.11. The lowest BCUT2D eigenvalue weighted by atomic mass is 10.1. The molecule has 0 aromatic rings. The van der Waals surface area contributed by atoms with Crippen LogP contribution >= 0.6 is 0 Å². The Kier molecular flexibility index (Phi) is 6.54. The Labute approximate surface area is 88.2 Å². The number of nitrogens with one attached hydrogen (secondary N) is 1. The summed E-state index contributed by atoms with van der Waals surface area (Å²) < 4.78 is 0. The maximum Gasteiger partial charge on any atom is 0.0947 e. The van der Waals surface area contributed by atoms with Gasteiger partial charge in [-0.05, 0) is 25.4 Å². The molecule has 0 aliphatic rings. The summed E-state index contributed by atoms with van der Waals surface area (Å²) in [5.41, 5.74) is 5.45. The first kappa shape index (κ1) is 13.4. The Balaban J connectivity index is 3.84. The highest BCUT2D eigenvalue weighted by molar-refractivity contribution is 5.79. The van der Waals surface area contributed by atoms with Gasteiger partial charge in [0, 0.05) is 12.5 Å². The Morgan fingerprint density at radius 1 is 1.36 bits per heavy atom. The molecule has 3 heteroatoms. The largest absolute Gasteiger partial charge is 0.387 e. The van der Waals surface area contributed by atoms with E-state index in [4.69, 9.17) is 11.1 Å². The van der Waals surface area contributed by atoms with E-state index in [1.54, 1.807) is 0 Å². The predicted molar refractivity (Wildman–Crippen MR) is 62.6 cm³/mol. The molecule has 0 heterocycles. The Morgan fingerprint density at radius 2 is 1.93 bits per heavy atom. The fraction of sp³-hybridized carbons (Fsp3) is 0.909. The molecule has 0 amide bonds. The summed E-state index contributed by atoms with van der Waals surface area (Å²) in [5.74, 6) is 1.23. The third-order valence-corrected chi connectivity index (χ3v) is 2.53. The first-order valence-corrected chi connectivity index (χ1v) is 5.53. The Bertz CT molecular complexity index is 166. The summed E-state index contributed by atoms with van der Waals surface area (Å²) in [5, 5.41) is 7.34. The summed E-state index contributed by atoms with van der Waals surface area (Å²) in [6.45, 7) is 11.7. The number of hydrogen-bond acceptors (Lipinski definition) is 2. The van der Waals surface area contributed by atoms with Gasteiger partial charge in [0.2, 0.25) is 0 Å². The molecule has 84 valence electrons. The van der Waals surface area contributed by atoms with Crippen LogP contribution in [0.4, 0.5) is 0 Å². The van der Waals surface area contributed by atoms with E-state index in [9.17, 15) is 0 Å². The van der Waals surface area contributed by atoms with Gasteiger partial charge in [-0.25, -0.2) is 0 Å². The SMILES string of the molecule is CCN(CCC(C)C)CC(C)C(=N)N. The van der Waals surface area contributed by atoms with Crippen LogP contribution in [-0.2, 0) is 0 Å². The zero-order valence-electron chi connectivity index (χ0n) is 10.0. The van der Waals surface area contributed by atoms with Gasteiger partial charge in [-0.2, -0.15) is 0 Å². The summed E-state index contributed by atoms with van der Waals surface area (Å²) in [6, 6.07) is 0. The van der Waals surface area contributed by atoms with Gasteiger partial charge in [0.1, 0.15) is 0 Å². The molecular weight excluding hydrogens is 174 g/mol. The van der Waals surface area contributed by atoms with Gasteiger partial charge < -0.3 is 10.6 Å². The molecule has 0 aliphatic heterocycles. The maximum absolute atomic E-state index is 7.34. The van der Waals surface area contributed by atoms with Crippen molar-refractivity contribution in [3.05, 3.63) is 0 Å². The third kappa shape index (κ3) is 5.97. The number of nitrogens with two attached hydrogens (primary N) is 1. The van der Waals surface area contributed by atoms with Crippen LogP contribution in [0.25, 0.3) is 0 Å². The van der Waals surface area contributed by atoms with Crippen molar-refractivity contribution in [2.45, 2.75) is 34.1 Å². The fourth-order valence-electron chi connectivity index (χ4n) is 1.30. The van der Waals surface area contributed by atoms with Crippen LogP contribution in [0, 0.1) is 17.2 Å². The minimum atomic E-state index is 0.183. The van der Waals surface area contributed by atoms with E-state index in [1.165, 1.54) is 6.42 Å². The van der Waals surface area contributed by atoms with Crippen molar-refractivity contribution in [1.29, 1.82) is 5.41 Å². The van der Waals surface area contributed by atoms with Gasteiger partial charge >= 0.3 is 0 Å². The van der Waals surface area contributed by atoms with Crippen molar-refractivity contribution in [2.24, 2.45) is 17.6 Å². The zero-order chi connectivity index (χ0) is 11.1. The topological polar surface area (TPSA) is 53.1 Å². The third-order valence-electron chi connectivity index (χ3n) is 2.53. The maximum atomic E-state index is 7.34. The quantitative estimate of drug-likeness (QED) is 0.486. The van der Waals surface area contributed by atoms with Crippen LogP contribution in [-0.4, -0.2) is 30.4 Å². The number of amidine groups is 1. The first-order chi connectivity index (χ1) is 6.47. The van der Waals surface area contributed by atoms with E-state index in [2.05, 4.69) is 25.7 Å². The minimum Gasteiger partial charge on any atom is -0.387 e. The second kappa shape index (κ2) is 6.82. The molecule has 0 saturated carbocycles. The Morgan fingerprint density at radius 3 is 2.29 bits per heavy atom. The van der Waals surface area contributed by atoms with Crippen LogP contribution in [0.2, 0.25) is 0 Å². The van der Waals surface area contributed by atoms with Crippen LogP contribution in [0.1, 0.15) is 34.1 Å². The van der Waals surface area contributed by atoms with Crippen molar-refractivity contribution in [3.8, 4) is 0 Å². The highest BCUT2D eigenvalue weighted by Crippen LogP contribution is 2.05. The molecule has 3 N–H and O–H groups in total. The monoisotopic (exact) mass is 199 g/mol. The molecule has 0 radical (unpaired) electrons. The fourth-order valence-corrected chi connectivity index (χ4v) is 1.30. The van der Waals surface area contributed by atoms with Gasteiger partial charge in [-0.3, -0.25) is 5.41 Å². The van der Waals surface area contributed by atoms with Crippen molar-refractivity contribution in [1.82, 2.24) is 4.90 Å². The second-order valence-electron chi connectivity index (χ2n) is 4.43. The number of hydrogen-bond donors (Lipinski definition) is 2. The normalized spacial score (nSPS) is 13.6. The van der Waals surface area contributed by atoms with Gasteiger partial charge in [0.05, 0.1) is 5.84 Å². The lowest BCUT2D eigenvalue weighted by molar-refractivity contribution is 0.255. The molecule has 1 unspecified atom stereocenters. The molecule has 0 aromatic heterocycles. The second-order valence-corrected chi connectivity index (χ2v) is 4.43. The standard InChI is InChI=1S/C11H25N3/c1-5-14(7-6-9(2)3)8-10(4)11(12)13/h9-10H,5-8H2,1-4H3,(H3,12,13). The average molecular weight is 199 g/mol. The van der Waals surface area contributed by atoms with Crippen LogP contribution in [0.5, 0.6) is 0 Å². The summed E-state index contributed by atoms with van der Waals surface area (Å²) in [4.78, 5) is 2.37. The van der Waals surface area contributed by atoms with Crippen molar-refractivity contribution in [2.75, 3.05) is 19.6 Å². The summed E-state index contributed by atoms with van der Waals surface area (Å²) in [7, 11) is 0. The molecule has 3 nitrogen and oxygen atoms in total. The van der Waals surface area contributed by atoms with Crippen LogP contribution in [0.3, 0.4) is 0 Å². The molecule has 0 fully saturated rings.